The fraction of sp³-hybridized carbons (Fsp3) is 0.500. The van der Waals surface area contributed by atoms with E-state index in [9.17, 15) is 8.42 Å². The van der Waals surface area contributed by atoms with Gasteiger partial charge in [-0.15, -0.1) is 0 Å². The maximum atomic E-state index is 12.4. The van der Waals surface area contributed by atoms with Crippen LogP contribution in [0.3, 0.4) is 0 Å². The van der Waals surface area contributed by atoms with Crippen molar-refractivity contribution in [2.75, 3.05) is 26.8 Å². The molecule has 0 spiro atoms. The fourth-order valence-electron chi connectivity index (χ4n) is 1.64. The molecular formula is C12H19ClN2O3S. The van der Waals surface area contributed by atoms with Gasteiger partial charge in [-0.1, -0.05) is 24.6 Å². The number of halogens is 1. The van der Waals surface area contributed by atoms with Crippen LogP contribution < -0.4 is 5.73 Å². The number of hydrogen-bond acceptors (Lipinski definition) is 4. The van der Waals surface area contributed by atoms with Gasteiger partial charge in [0.05, 0.1) is 11.5 Å². The summed E-state index contributed by atoms with van der Waals surface area (Å²) in [4.78, 5) is 0.174. The van der Waals surface area contributed by atoms with Gasteiger partial charge in [0.25, 0.3) is 0 Å². The summed E-state index contributed by atoms with van der Waals surface area (Å²) in [7, 11) is -2.01. The number of hydrogen-bond donors (Lipinski definition) is 1. The summed E-state index contributed by atoms with van der Waals surface area (Å²) in [5.74, 6) is 0. The highest BCUT2D eigenvalue weighted by molar-refractivity contribution is 7.89. The standard InChI is InChI=1S/C12H19ClN2O3S/c1-3-15(6-7-18-2)19(16,17)11-5-4-10(9-14)12(13)8-11/h4-5,8H,3,6-7,9,14H2,1-2H3. The lowest BCUT2D eigenvalue weighted by Crippen LogP contribution is -2.33. The van der Waals surface area contributed by atoms with E-state index in [0.29, 0.717) is 24.7 Å². The normalized spacial score (nSPS) is 12.1. The van der Waals surface area contributed by atoms with Crippen LogP contribution in [0.25, 0.3) is 0 Å². The molecule has 1 aromatic carbocycles. The van der Waals surface area contributed by atoms with Gasteiger partial charge in [-0.3, -0.25) is 0 Å². The highest BCUT2D eigenvalue weighted by atomic mass is 35.5. The first-order valence-corrected chi connectivity index (χ1v) is 7.76. The monoisotopic (exact) mass is 306 g/mol. The Labute approximate surface area is 119 Å². The molecule has 0 saturated carbocycles. The molecule has 5 nitrogen and oxygen atoms in total. The zero-order valence-electron chi connectivity index (χ0n) is 11.1. The maximum absolute atomic E-state index is 12.4. The van der Waals surface area contributed by atoms with Crippen molar-refractivity contribution in [3.8, 4) is 0 Å². The molecule has 0 unspecified atom stereocenters. The van der Waals surface area contributed by atoms with Gasteiger partial charge in [0.1, 0.15) is 0 Å². The zero-order valence-corrected chi connectivity index (χ0v) is 12.7. The SMILES string of the molecule is CCN(CCOC)S(=O)(=O)c1ccc(CN)c(Cl)c1. The zero-order chi connectivity index (χ0) is 14.5. The minimum Gasteiger partial charge on any atom is -0.383 e. The van der Waals surface area contributed by atoms with E-state index in [1.807, 2.05) is 0 Å². The van der Waals surface area contributed by atoms with Crippen LogP contribution in [0.15, 0.2) is 23.1 Å². The van der Waals surface area contributed by atoms with E-state index in [4.69, 9.17) is 22.1 Å². The third-order valence-electron chi connectivity index (χ3n) is 2.78. The van der Waals surface area contributed by atoms with Crippen LogP contribution in [-0.4, -0.2) is 39.5 Å². The van der Waals surface area contributed by atoms with Crippen molar-refractivity contribution < 1.29 is 13.2 Å². The van der Waals surface area contributed by atoms with Crippen molar-refractivity contribution >= 4 is 21.6 Å². The lowest BCUT2D eigenvalue weighted by molar-refractivity contribution is 0.180. The molecule has 108 valence electrons. The molecule has 0 aromatic heterocycles. The minimum atomic E-state index is -3.54. The summed E-state index contributed by atoms with van der Waals surface area (Å²) in [6.07, 6.45) is 0. The first kappa shape index (κ1) is 16.4. The lowest BCUT2D eigenvalue weighted by Gasteiger charge is -2.20. The van der Waals surface area contributed by atoms with Crippen LogP contribution in [0.2, 0.25) is 5.02 Å². The number of methoxy groups -OCH3 is 1. The summed E-state index contributed by atoms with van der Waals surface area (Å²) < 4.78 is 31.1. The van der Waals surface area contributed by atoms with E-state index in [2.05, 4.69) is 0 Å². The molecule has 19 heavy (non-hydrogen) atoms. The number of sulfonamides is 1. The number of ether oxygens (including phenoxy) is 1. The molecule has 2 N–H and O–H groups in total. The topological polar surface area (TPSA) is 72.6 Å². The van der Waals surface area contributed by atoms with Gasteiger partial charge < -0.3 is 10.5 Å². The van der Waals surface area contributed by atoms with Crippen LogP contribution in [-0.2, 0) is 21.3 Å². The molecule has 0 aliphatic rings. The van der Waals surface area contributed by atoms with Crippen molar-refractivity contribution in [2.45, 2.75) is 18.4 Å². The Kier molecular flexibility index (Phi) is 6.22. The number of rotatable bonds is 7. The molecule has 1 rings (SSSR count). The average molecular weight is 307 g/mol. The van der Waals surface area contributed by atoms with E-state index in [-0.39, 0.29) is 11.4 Å². The largest absolute Gasteiger partial charge is 0.383 e. The number of nitrogens with zero attached hydrogens (tertiary/aromatic N) is 1. The van der Waals surface area contributed by atoms with Crippen LogP contribution in [0.1, 0.15) is 12.5 Å². The van der Waals surface area contributed by atoms with E-state index in [0.717, 1.165) is 5.56 Å². The van der Waals surface area contributed by atoms with Crippen molar-refractivity contribution in [3.05, 3.63) is 28.8 Å². The number of likely N-dealkylation sites (N-methyl/N-ethyl adjacent to an activating group) is 1. The summed E-state index contributed by atoms with van der Waals surface area (Å²) in [5, 5.41) is 0.367. The summed E-state index contributed by atoms with van der Waals surface area (Å²) >= 11 is 6.00. The predicted molar refractivity (Wildman–Crippen MR) is 75.7 cm³/mol. The molecule has 0 saturated heterocycles. The first-order valence-electron chi connectivity index (χ1n) is 5.95. The first-order chi connectivity index (χ1) is 8.97. The Morgan fingerprint density at radius 2 is 2.11 bits per heavy atom. The highest BCUT2D eigenvalue weighted by Crippen LogP contribution is 2.23. The van der Waals surface area contributed by atoms with Crippen LogP contribution in [0.4, 0.5) is 0 Å². The third-order valence-corrected chi connectivity index (χ3v) is 5.10. The fourth-order valence-corrected chi connectivity index (χ4v) is 3.43. The molecule has 0 radical (unpaired) electrons. The maximum Gasteiger partial charge on any atom is 0.243 e. The Morgan fingerprint density at radius 1 is 1.42 bits per heavy atom. The predicted octanol–water partition coefficient (Wildman–Crippen LogP) is 1.46. The Hall–Kier alpha value is -0.660. The van der Waals surface area contributed by atoms with Crippen LogP contribution >= 0.6 is 11.6 Å². The Balaban J connectivity index is 3.07. The summed E-state index contributed by atoms with van der Waals surface area (Å²) in [6.45, 7) is 3.10. The van der Waals surface area contributed by atoms with Crippen molar-refractivity contribution in [1.29, 1.82) is 0 Å². The Morgan fingerprint density at radius 3 is 2.58 bits per heavy atom. The van der Waals surface area contributed by atoms with Crippen molar-refractivity contribution in [2.24, 2.45) is 5.73 Å². The molecule has 0 fully saturated rings. The lowest BCUT2D eigenvalue weighted by atomic mass is 10.2. The Bertz CT molecular complexity index is 520. The summed E-state index contributed by atoms with van der Waals surface area (Å²) in [5.41, 5.74) is 6.22. The minimum absolute atomic E-state index is 0.174. The van der Waals surface area contributed by atoms with Gasteiger partial charge in [-0.2, -0.15) is 4.31 Å². The van der Waals surface area contributed by atoms with E-state index < -0.39 is 10.0 Å². The smallest absolute Gasteiger partial charge is 0.243 e. The van der Waals surface area contributed by atoms with Gasteiger partial charge in [0, 0.05) is 31.8 Å². The van der Waals surface area contributed by atoms with Gasteiger partial charge in [-0.05, 0) is 17.7 Å². The second-order valence-corrected chi connectivity index (χ2v) is 6.29. The van der Waals surface area contributed by atoms with Crippen LogP contribution in [0, 0.1) is 0 Å². The van der Waals surface area contributed by atoms with Crippen LogP contribution in [0.5, 0.6) is 0 Å². The molecule has 0 aliphatic carbocycles. The number of nitrogens with two attached hydrogens (primary N) is 1. The van der Waals surface area contributed by atoms with Gasteiger partial charge in [0.2, 0.25) is 10.0 Å². The summed E-state index contributed by atoms with van der Waals surface area (Å²) in [6, 6.07) is 4.60. The van der Waals surface area contributed by atoms with Crippen molar-refractivity contribution in [3.63, 3.8) is 0 Å². The molecule has 7 heteroatoms. The third kappa shape index (κ3) is 3.90. The van der Waals surface area contributed by atoms with Gasteiger partial charge in [0.15, 0.2) is 0 Å². The van der Waals surface area contributed by atoms with E-state index in [1.165, 1.54) is 23.5 Å². The van der Waals surface area contributed by atoms with Gasteiger partial charge in [-0.25, -0.2) is 8.42 Å². The molecule has 0 amide bonds. The molecule has 0 atom stereocenters. The average Bonchev–Trinajstić information content (AvgIpc) is 2.39. The van der Waals surface area contributed by atoms with E-state index >= 15 is 0 Å². The van der Waals surface area contributed by atoms with Gasteiger partial charge >= 0.3 is 0 Å². The van der Waals surface area contributed by atoms with Crippen molar-refractivity contribution in [1.82, 2.24) is 4.31 Å². The molecule has 0 aliphatic heterocycles. The molecule has 0 bridgehead atoms. The quantitative estimate of drug-likeness (QED) is 0.827. The highest BCUT2D eigenvalue weighted by Gasteiger charge is 2.23. The molecule has 0 heterocycles. The second-order valence-electron chi connectivity index (χ2n) is 3.95. The second kappa shape index (κ2) is 7.21. The van der Waals surface area contributed by atoms with E-state index in [1.54, 1.807) is 13.0 Å². The molecular weight excluding hydrogens is 288 g/mol. The molecule has 1 aromatic rings. The number of benzene rings is 1.